The van der Waals surface area contributed by atoms with Gasteiger partial charge in [-0.1, -0.05) is 11.6 Å². The van der Waals surface area contributed by atoms with E-state index < -0.39 is 0 Å². The molecule has 1 rings (SSSR count). The molecule has 1 heterocycles. The van der Waals surface area contributed by atoms with Gasteiger partial charge < -0.3 is 5.73 Å². The smallest absolute Gasteiger partial charge is 0.0545 e. The third kappa shape index (κ3) is 1.97. The first-order chi connectivity index (χ1) is 4.70. The van der Waals surface area contributed by atoms with Crippen LogP contribution in [0.3, 0.4) is 0 Å². The molecule has 0 aromatic carbocycles. The lowest BCUT2D eigenvalue weighted by Crippen LogP contribution is -2.17. The van der Waals surface area contributed by atoms with Crippen molar-refractivity contribution in [3.8, 4) is 0 Å². The van der Waals surface area contributed by atoms with Crippen molar-refractivity contribution in [3.05, 3.63) is 21.3 Å². The second-order valence-electron chi connectivity index (χ2n) is 2.37. The van der Waals surface area contributed by atoms with Gasteiger partial charge >= 0.3 is 0 Å². The average Bonchev–Trinajstić information content (AvgIpc) is 2.15. The van der Waals surface area contributed by atoms with Crippen LogP contribution in [0.2, 0.25) is 5.02 Å². The normalized spacial score (nSPS) is 13.5. The predicted octanol–water partition coefficient (Wildman–Crippen LogP) is 2.29. The highest BCUT2D eigenvalue weighted by Crippen LogP contribution is 2.22. The Morgan fingerprint density at radius 2 is 2.50 bits per heavy atom. The Morgan fingerprint density at radius 1 is 1.80 bits per heavy atom. The van der Waals surface area contributed by atoms with E-state index in [1.54, 1.807) is 11.3 Å². The fraction of sp³-hybridized carbons (Fsp3) is 0.429. The fourth-order valence-corrected chi connectivity index (χ4v) is 2.02. The quantitative estimate of drug-likeness (QED) is 0.734. The minimum atomic E-state index is 0.205. The molecule has 1 nitrogen and oxygen atoms in total. The standard InChI is InChI=1S/C7H10ClNS/c1-5(9)4-7-6(8)2-3-10-7/h2-3,5H,4,9H2,1H3/t5-/m0/s1. The van der Waals surface area contributed by atoms with Gasteiger partial charge in [-0.15, -0.1) is 11.3 Å². The molecule has 3 heteroatoms. The van der Waals surface area contributed by atoms with Crippen molar-refractivity contribution in [2.75, 3.05) is 0 Å². The Hall–Kier alpha value is -0.0500. The van der Waals surface area contributed by atoms with Crippen molar-refractivity contribution < 1.29 is 0 Å². The Morgan fingerprint density at radius 3 is 2.90 bits per heavy atom. The molecular weight excluding hydrogens is 166 g/mol. The molecule has 1 aromatic rings. The summed E-state index contributed by atoms with van der Waals surface area (Å²) in [6.45, 7) is 1.98. The van der Waals surface area contributed by atoms with Crippen LogP contribution in [0.15, 0.2) is 11.4 Å². The monoisotopic (exact) mass is 175 g/mol. The highest BCUT2D eigenvalue weighted by Gasteiger charge is 2.03. The van der Waals surface area contributed by atoms with Gasteiger partial charge in [-0.05, 0) is 24.8 Å². The van der Waals surface area contributed by atoms with E-state index in [2.05, 4.69) is 0 Å². The summed E-state index contributed by atoms with van der Waals surface area (Å²) < 4.78 is 0. The van der Waals surface area contributed by atoms with E-state index in [0.717, 1.165) is 11.4 Å². The van der Waals surface area contributed by atoms with Crippen LogP contribution in [-0.2, 0) is 6.42 Å². The number of hydrogen-bond donors (Lipinski definition) is 1. The highest BCUT2D eigenvalue weighted by atomic mass is 35.5. The second-order valence-corrected chi connectivity index (χ2v) is 3.78. The van der Waals surface area contributed by atoms with Crippen molar-refractivity contribution in [2.24, 2.45) is 5.73 Å². The van der Waals surface area contributed by atoms with Crippen LogP contribution in [0.5, 0.6) is 0 Å². The van der Waals surface area contributed by atoms with Crippen LogP contribution in [-0.4, -0.2) is 6.04 Å². The lowest BCUT2D eigenvalue weighted by molar-refractivity contribution is 0.747. The molecule has 0 amide bonds. The minimum Gasteiger partial charge on any atom is -0.328 e. The van der Waals surface area contributed by atoms with E-state index in [9.17, 15) is 0 Å². The predicted molar refractivity (Wildman–Crippen MR) is 46.7 cm³/mol. The van der Waals surface area contributed by atoms with E-state index in [1.807, 2.05) is 18.4 Å². The van der Waals surface area contributed by atoms with Crippen LogP contribution in [0.4, 0.5) is 0 Å². The van der Waals surface area contributed by atoms with Gasteiger partial charge in [0.2, 0.25) is 0 Å². The molecule has 1 aromatic heterocycles. The van der Waals surface area contributed by atoms with E-state index in [-0.39, 0.29) is 6.04 Å². The molecule has 0 saturated carbocycles. The number of rotatable bonds is 2. The fourth-order valence-electron chi connectivity index (χ4n) is 0.763. The van der Waals surface area contributed by atoms with Gasteiger partial charge in [0.25, 0.3) is 0 Å². The largest absolute Gasteiger partial charge is 0.328 e. The van der Waals surface area contributed by atoms with Crippen LogP contribution < -0.4 is 5.73 Å². The van der Waals surface area contributed by atoms with E-state index in [4.69, 9.17) is 17.3 Å². The summed E-state index contributed by atoms with van der Waals surface area (Å²) >= 11 is 7.50. The van der Waals surface area contributed by atoms with Gasteiger partial charge in [-0.25, -0.2) is 0 Å². The molecule has 0 aliphatic carbocycles. The molecule has 0 bridgehead atoms. The molecule has 0 aliphatic rings. The molecule has 0 radical (unpaired) electrons. The number of halogens is 1. The third-order valence-electron chi connectivity index (χ3n) is 1.20. The number of nitrogens with two attached hydrogens (primary N) is 1. The molecular formula is C7H10ClNS. The zero-order valence-electron chi connectivity index (χ0n) is 5.80. The summed E-state index contributed by atoms with van der Waals surface area (Å²) in [5.41, 5.74) is 5.60. The van der Waals surface area contributed by atoms with Crippen LogP contribution >= 0.6 is 22.9 Å². The summed E-state index contributed by atoms with van der Waals surface area (Å²) in [6, 6.07) is 2.11. The summed E-state index contributed by atoms with van der Waals surface area (Å²) in [7, 11) is 0. The van der Waals surface area contributed by atoms with E-state index in [0.29, 0.717) is 0 Å². The second kappa shape index (κ2) is 3.37. The van der Waals surface area contributed by atoms with Crippen LogP contribution in [0.25, 0.3) is 0 Å². The van der Waals surface area contributed by atoms with Crippen LogP contribution in [0, 0.1) is 0 Å². The van der Waals surface area contributed by atoms with Crippen molar-refractivity contribution >= 4 is 22.9 Å². The van der Waals surface area contributed by atoms with Gasteiger partial charge in [0.05, 0.1) is 5.02 Å². The first-order valence-electron chi connectivity index (χ1n) is 3.17. The van der Waals surface area contributed by atoms with Crippen LogP contribution in [0.1, 0.15) is 11.8 Å². The minimum absolute atomic E-state index is 0.205. The summed E-state index contributed by atoms with van der Waals surface area (Å²) in [5, 5.41) is 2.84. The van der Waals surface area contributed by atoms with Crippen molar-refractivity contribution in [3.63, 3.8) is 0 Å². The Balaban J connectivity index is 2.65. The molecule has 0 spiro atoms. The van der Waals surface area contributed by atoms with Crippen molar-refractivity contribution in [1.82, 2.24) is 0 Å². The van der Waals surface area contributed by atoms with Crippen molar-refractivity contribution in [2.45, 2.75) is 19.4 Å². The van der Waals surface area contributed by atoms with E-state index in [1.165, 1.54) is 4.88 Å². The summed E-state index contributed by atoms with van der Waals surface area (Å²) in [6.07, 6.45) is 0.885. The molecule has 10 heavy (non-hydrogen) atoms. The van der Waals surface area contributed by atoms with Gasteiger partial charge in [0, 0.05) is 10.9 Å². The third-order valence-corrected chi connectivity index (χ3v) is 2.61. The first-order valence-corrected chi connectivity index (χ1v) is 4.43. The Kier molecular flexibility index (Phi) is 2.72. The average molecular weight is 176 g/mol. The molecule has 1 atom stereocenters. The zero-order valence-corrected chi connectivity index (χ0v) is 7.38. The summed E-state index contributed by atoms with van der Waals surface area (Å²) in [5.74, 6) is 0. The first kappa shape index (κ1) is 8.05. The lowest BCUT2D eigenvalue weighted by Gasteiger charge is -2.01. The number of hydrogen-bond acceptors (Lipinski definition) is 2. The molecule has 56 valence electrons. The Labute approximate surface area is 69.8 Å². The van der Waals surface area contributed by atoms with Gasteiger partial charge in [-0.3, -0.25) is 0 Å². The molecule has 0 fully saturated rings. The molecule has 0 aliphatic heterocycles. The molecule has 2 N–H and O–H groups in total. The topological polar surface area (TPSA) is 26.0 Å². The molecule has 0 unspecified atom stereocenters. The maximum atomic E-state index is 5.84. The SMILES string of the molecule is C[C@H](N)Cc1sccc1Cl. The Bertz CT molecular complexity index is 207. The van der Waals surface area contributed by atoms with Gasteiger partial charge in [0.1, 0.15) is 0 Å². The van der Waals surface area contributed by atoms with Crippen molar-refractivity contribution in [1.29, 1.82) is 0 Å². The highest BCUT2D eigenvalue weighted by molar-refractivity contribution is 7.10. The lowest BCUT2D eigenvalue weighted by atomic mass is 10.2. The zero-order chi connectivity index (χ0) is 7.56. The number of thiophene rings is 1. The maximum Gasteiger partial charge on any atom is 0.0545 e. The maximum absolute atomic E-state index is 5.84. The molecule has 0 saturated heterocycles. The van der Waals surface area contributed by atoms with E-state index >= 15 is 0 Å². The van der Waals surface area contributed by atoms with Gasteiger partial charge in [-0.2, -0.15) is 0 Å². The summed E-state index contributed by atoms with van der Waals surface area (Å²) in [4.78, 5) is 1.19. The van der Waals surface area contributed by atoms with Gasteiger partial charge in [0.15, 0.2) is 0 Å².